The summed E-state index contributed by atoms with van der Waals surface area (Å²) in [7, 11) is 1.30. The van der Waals surface area contributed by atoms with E-state index in [0.717, 1.165) is 5.56 Å². The Balaban J connectivity index is 2.20. The molecule has 0 saturated heterocycles. The zero-order valence-electron chi connectivity index (χ0n) is 11.3. The lowest BCUT2D eigenvalue weighted by atomic mass is 10.1. The molecule has 0 radical (unpaired) electrons. The Morgan fingerprint density at radius 2 is 1.95 bits per heavy atom. The van der Waals surface area contributed by atoms with Gasteiger partial charge in [-0.1, -0.05) is 17.7 Å². The van der Waals surface area contributed by atoms with Crippen LogP contribution in [0.2, 0.25) is 5.02 Å². The van der Waals surface area contributed by atoms with Crippen molar-refractivity contribution in [3.63, 3.8) is 0 Å². The molecule has 0 heterocycles. The van der Waals surface area contributed by atoms with Crippen molar-refractivity contribution >= 4 is 23.3 Å². The minimum atomic E-state index is -0.470. The quantitative estimate of drug-likeness (QED) is 0.597. The molecule has 0 aliphatic carbocycles. The average Bonchev–Trinajstić information content (AvgIpc) is 2.48. The molecule has 110 valence electrons. The molecule has 0 fully saturated rings. The molecule has 0 saturated carbocycles. The summed E-state index contributed by atoms with van der Waals surface area (Å²) >= 11 is 5.93. The van der Waals surface area contributed by atoms with Gasteiger partial charge in [0.2, 0.25) is 0 Å². The molecule has 0 unspecified atom stereocenters. The number of aromatic hydroxyl groups is 2. The molecule has 0 aliphatic rings. The largest absolute Gasteiger partial charge is 0.504 e. The summed E-state index contributed by atoms with van der Waals surface area (Å²) in [6, 6.07) is 9.28. The van der Waals surface area contributed by atoms with Gasteiger partial charge in [-0.2, -0.15) is 0 Å². The number of rotatable bonds is 4. The van der Waals surface area contributed by atoms with E-state index >= 15 is 0 Å². The number of halogens is 1. The number of carbonyl (C=O) groups is 1. The highest BCUT2D eigenvalue weighted by Gasteiger charge is 2.12. The second kappa shape index (κ2) is 6.37. The van der Waals surface area contributed by atoms with Gasteiger partial charge in [-0.3, -0.25) is 0 Å². The van der Waals surface area contributed by atoms with Gasteiger partial charge in [-0.25, -0.2) is 4.79 Å². The van der Waals surface area contributed by atoms with Gasteiger partial charge < -0.3 is 20.3 Å². The number of carbonyl (C=O) groups excluding carboxylic acids is 1. The standard InChI is InChI=1S/C15H14ClNO4/c1-21-15(20)11-4-3-10(16)7-12(11)17-8-9-2-5-13(18)14(19)6-9/h2-7,17-19H,8H2,1H3. The van der Waals surface area contributed by atoms with Gasteiger partial charge in [0.1, 0.15) is 0 Å². The predicted octanol–water partition coefficient (Wildman–Crippen LogP) is 3.15. The summed E-state index contributed by atoms with van der Waals surface area (Å²) in [4.78, 5) is 11.7. The maximum Gasteiger partial charge on any atom is 0.339 e. The van der Waals surface area contributed by atoms with Crippen LogP contribution in [0.5, 0.6) is 11.5 Å². The monoisotopic (exact) mass is 307 g/mol. The first-order valence-corrected chi connectivity index (χ1v) is 6.51. The summed E-state index contributed by atoms with van der Waals surface area (Å²) < 4.78 is 4.71. The lowest BCUT2D eigenvalue weighted by molar-refractivity contribution is 0.0602. The Morgan fingerprint density at radius 1 is 1.19 bits per heavy atom. The molecule has 6 heteroatoms. The fourth-order valence-electron chi connectivity index (χ4n) is 1.83. The predicted molar refractivity (Wildman–Crippen MR) is 79.9 cm³/mol. The maximum atomic E-state index is 11.7. The van der Waals surface area contributed by atoms with E-state index in [2.05, 4.69) is 5.32 Å². The van der Waals surface area contributed by atoms with E-state index < -0.39 is 5.97 Å². The fraction of sp³-hybridized carbons (Fsp3) is 0.133. The van der Waals surface area contributed by atoms with Crippen LogP contribution < -0.4 is 5.32 Å². The van der Waals surface area contributed by atoms with E-state index in [9.17, 15) is 15.0 Å². The maximum absolute atomic E-state index is 11.7. The first kappa shape index (κ1) is 15.0. The van der Waals surface area contributed by atoms with Gasteiger partial charge in [0.25, 0.3) is 0 Å². The number of phenols is 2. The van der Waals surface area contributed by atoms with Crippen LogP contribution in [0.1, 0.15) is 15.9 Å². The van der Waals surface area contributed by atoms with Crippen LogP contribution in [0.25, 0.3) is 0 Å². The highest BCUT2D eigenvalue weighted by Crippen LogP contribution is 2.26. The zero-order chi connectivity index (χ0) is 15.4. The van der Waals surface area contributed by atoms with E-state index in [0.29, 0.717) is 22.8 Å². The first-order chi connectivity index (χ1) is 10.0. The second-order valence-electron chi connectivity index (χ2n) is 4.36. The van der Waals surface area contributed by atoms with Gasteiger partial charge in [-0.15, -0.1) is 0 Å². The Hall–Kier alpha value is -2.40. The Labute approximate surface area is 126 Å². The summed E-state index contributed by atoms with van der Waals surface area (Å²) in [5, 5.41) is 22.3. The van der Waals surface area contributed by atoms with Crippen molar-refractivity contribution in [3.05, 3.63) is 52.5 Å². The molecule has 0 spiro atoms. The molecule has 0 bridgehead atoms. The van der Waals surface area contributed by atoms with Gasteiger partial charge in [0, 0.05) is 11.6 Å². The van der Waals surface area contributed by atoms with Crippen molar-refractivity contribution in [1.82, 2.24) is 0 Å². The third kappa shape index (κ3) is 3.58. The molecule has 5 nitrogen and oxygen atoms in total. The Morgan fingerprint density at radius 3 is 2.62 bits per heavy atom. The van der Waals surface area contributed by atoms with Gasteiger partial charge in [-0.05, 0) is 35.9 Å². The lowest BCUT2D eigenvalue weighted by Crippen LogP contribution is -2.08. The number of methoxy groups -OCH3 is 1. The molecule has 0 atom stereocenters. The van der Waals surface area contributed by atoms with Gasteiger partial charge in [0.05, 0.1) is 18.4 Å². The molecule has 0 amide bonds. The van der Waals surface area contributed by atoms with E-state index in [1.54, 1.807) is 24.3 Å². The molecular weight excluding hydrogens is 294 g/mol. The van der Waals surface area contributed by atoms with Crippen LogP contribution in [0.4, 0.5) is 5.69 Å². The number of anilines is 1. The minimum absolute atomic E-state index is 0.184. The molecule has 21 heavy (non-hydrogen) atoms. The molecule has 2 aromatic carbocycles. The third-order valence-corrected chi connectivity index (χ3v) is 3.14. The Bertz CT molecular complexity index is 673. The molecule has 3 N–H and O–H groups in total. The number of benzene rings is 2. The average molecular weight is 308 g/mol. The summed E-state index contributed by atoms with van der Waals surface area (Å²) in [5.74, 6) is -0.854. The van der Waals surface area contributed by atoms with E-state index in [1.165, 1.54) is 19.2 Å². The zero-order valence-corrected chi connectivity index (χ0v) is 12.0. The summed E-state index contributed by atoms with van der Waals surface area (Å²) in [5.41, 5.74) is 1.63. The normalized spacial score (nSPS) is 10.2. The van der Waals surface area contributed by atoms with E-state index in [4.69, 9.17) is 16.3 Å². The highest BCUT2D eigenvalue weighted by atomic mass is 35.5. The van der Waals surface area contributed by atoms with Crippen LogP contribution in [0.3, 0.4) is 0 Å². The van der Waals surface area contributed by atoms with Crippen LogP contribution in [0.15, 0.2) is 36.4 Å². The minimum Gasteiger partial charge on any atom is -0.504 e. The third-order valence-electron chi connectivity index (χ3n) is 2.91. The number of nitrogens with one attached hydrogen (secondary N) is 1. The van der Waals surface area contributed by atoms with E-state index in [1.807, 2.05) is 0 Å². The van der Waals surface area contributed by atoms with Crippen molar-refractivity contribution in [2.75, 3.05) is 12.4 Å². The Kier molecular flexibility index (Phi) is 4.55. The molecule has 2 rings (SSSR count). The topological polar surface area (TPSA) is 78.8 Å². The van der Waals surface area contributed by atoms with Gasteiger partial charge >= 0.3 is 5.97 Å². The number of ether oxygens (including phenoxy) is 1. The number of esters is 1. The van der Waals surface area contributed by atoms with Crippen molar-refractivity contribution in [1.29, 1.82) is 0 Å². The number of phenolic OH excluding ortho intramolecular Hbond substituents is 2. The SMILES string of the molecule is COC(=O)c1ccc(Cl)cc1NCc1ccc(O)c(O)c1. The van der Waals surface area contributed by atoms with Crippen molar-refractivity contribution in [3.8, 4) is 11.5 Å². The van der Waals surface area contributed by atoms with Crippen LogP contribution in [0, 0.1) is 0 Å². The smallest absolute Gasteiger partial charge is 0.339 e. The van der Waals surface area contributed by atoms with E-state index in [-0.39, 0.29) is 11.5 Å². The van der Waals surface area contributed by atoms with Crippen LogP contribution in [-0.4, -0.2) is 23.3 Å². The van der Waals surface area contributed by atoms with Crippen molar-refractivity contribution in [2.24, 2.45) is 0 Å². The van der Waals surface area contributed by atoms with Crippen LogP contribution >= 0.6 is 11.6 Å². The van der Waals surface area contributed by atoms with Crippen molar-refractivity contribution < 1.29 is 19.7 Å². The summed E-state index contributed by atoms with van der Waals surface area (Å²) in [6.07, 6.45) is 0. The number of hydrogen-bond donors (Lipinski definition) is 3. The molecule has 0 aliphatic heterocycles. The van der Waals surface area contributed by atoms with Crippen LogP contribution in [-0.2, 0) is 11.3 Å². The first-order valence-electron chi connectivity index (χ1n) is 6.14. The van der Waals surface area contributed by atoms with Gasteiger partial charge in [0.15, 0.2) is 11.5 Å². The molecule has 2 aromatic rings. The summed E-state index contributed by atoms with van der Waals surface area (Å²) in [6.45, 7) is 0.345. The lowest BCUT2D eigenvalue weighted by Gasteiger charge is -2.11. The fourth-order valence-corrected chi connectivity index (χ4v) is 2.00. The number of hydrogen-bond acceptors (Lipinski definition) is 5. The highest BCUT2D eigenvalue weighted by molar-refractivity contribution is 6.31. The molecular formula is C15H14ClNO4. The van der Waals surface area contributed by atoms with Crippen molar-refractivity contribution in [2.45, 2.75) is 6.54 Å². The molecule has 0 aromatic heterocycles. The second-order valence-corrected chi connectivity index (χ2v) is 4.79.